The molecule has 0 saturated heterocycles. The molecule has 2 rings (SSSR count). The number of carbonyl (C=O) groups excluding carboxylic acids is 4. The zero-order chi connectivity index (χ0) is 39.9. The first-order valence-electron chi connectivity index (χ1n) is 17.5. The average molecular weight is 756 g/mol. The number of nitrogens with one attached hydrogen (secondary N) is 2. The van der Waals surface area contributed by atoms with Crippen molar-refractivity contribution in [3.05, 3.63) is 82.9 Å². The number of carboxylic acids is 1. The Kier molecular flexibility index (Phi) is 17.1. The minimum atomic E-state index is -1.25. The first-order chi connectivity index (χ1) is 24.7. The van der Waals surface area contributed by atoms with Gasteiger partial charge in [-0.1, -0.05) is 87.0 Å². The Labute approximate surface area is 317 Å². The fourth-order valence-electron chi connectivity index (χ4n) is 4.80. The van der Waals surface area contributed by atoms with Crippen LogP contribution in [-0.2, 0) is 39.8 Å². The summed E-state index contributed by atoms with van der Waals surface area (Å²) in [6, 6.07) is 13.0. The van der Waals surface area contributed by atoms with Crippen molar-refractivity contribution in [1.82, 2.24) is 10.6 Å². The molecule has 0 aliphatic carbocycles. The van der Waals surface area contributed by atoms with Crippen molar-refractivity contribution in [3.63, 3.8) is 0 Å². The Hall–Kier alpha value is -4.84. The summed E-state index contributed by atoms with van der Waals surface area (Å²) in [4.78, 5) is 64.0. The van der Waals surface area contributed by atoms with E-state index in [0.717, 1.165) is 5.56 Å². The van der Waals surface area contributed by atoms with E-state index in [9.17, 15) is 29.1 Å². The molecule has 2 aromatic rings. The summed E-state index contributed by atoms with van der Waals surface area (Å²) in [7, 11) is 0. The number of carbonyl (C=O) groups is 5. The van der Waals surface area contributed by atoms with Crippen molar-refractivity contribution in [1.29, 1.82) is 0 Å². The third-order valence-electron chi connectivity index (χ3n) is 7.83. The van der Waals surface area contributed by atoms with Gasteiger partial charge in [0.2, 0.25) is 5.91 Å². The molecule has 12 nitrogen and oxygen atoms in total. The second-order valence-electron chi connectivity index (χ2n) is 15.0. The first-order valence-corrected chi connectivity index (χ1v) is 17.9. The summed E-state index contributed by atoms with van der Waals surface area (Å²) < 4.78 is 17.0. The fraction of sp³-hybridized carbons (Fsp3) is 0.475. The zero-order valence-electron chi connectivity index (χ0n) is 31.8. The van der Waals surface area contributed by atoms with Gasteiger partial charge < -0.3 is 35.7 Å². The maximum atomic E-state index is 13.7. The van der Waals surface area contributed by atoms with Crippen LogP contribution in [0.3, 0.4) is 0 Å². The quantitative estimate of drug-likeness (QED) is 0.0550. The number of amides is 2. The maximum absolute atomic E-state index is 13.7. The SMILES string of the molecule is CC(C)C[C@H](OC(=O)C(C)(C)CNC(=O)OC(C)(C)C)C(=O)O[C@@H](C/C=C/C(=O)N[C@H](Cc1ccc(N)c(Cl)c1)C(=O)O)[C@H](C)/C=C/c1ccccc1. The summed E-state index contributed by atoms with van der Waals surface area (Å²) in [5.41, 5.74) is 5.67. The molecule has 2 aromatic carbocycles. The highest BCUT2D eigenvalue weighted by Gasteiger charge is 2.36. The smallest absolute Gasteiger partial charge is 0.407 e. The zero-order valence-corrected chi connectivity index (χ0v) is 32.6. The highest BCUT2D eigenvalue weighted by molar-refractivity contribution is 6.33. The summed E-state index contributed by atoms with van der Waals surface area (Å²) in [6.45, 7) is 13.8. The number of anilines is 1. The van der Waals surface area contributed by atoms with Crippen LogP contribution in [-0.4, -0.2) is 65.4 Å². The molecule has 0 radical (unpaired) electrons. The van der Waals surface area contributed by atoms with E-state index in [4.69, 9.17) is 31.5 Å². The van der Waals surface area contributed by atoms with Crippen LogP contribution in [0.2, 0.25) is 5.02 Å². The number of nitrogens with two attached hydrogens (primary N) is 1. The molecule has 0 aliphatic heterocycles. The van der Waals surface area contributed by atoms with Crippen molar-refractivity contribution in [2.24, 2.45) is 17.3 Å². The molecular weight excluding hydrogens is 702 g/mol. The summed E-state index contributed by atoms with van der Waals surface area (Å²) in [6.07, 6.45) is 3.93. The lowest BCUT2D eigenvalue weighted by molar-refractivity contribution is -0.178. The Morgan fingerprint density at radius 1 is 0.962 bits per heavy atom. The van der Waals surface area contributed by atoms with E-state index in [0.29, 0.717) is 11.3 Å². The van der Waals surface area contributed by atoms with E-state index in [2.05, 4.69) is 10.6 Å². The van der Waals surface area contributed by atoms with Crippen molar-refractivity contribution in [2.75, 3.05) is 12.3 Å². The number of halogens is 1. The Bertz CT molecular complexity index is 1620. The fourth-order valence-corrected chi connectivity index (χ4v) is 5.00. The van der Waals surface area contributed by atoms with Crippen LogP contribution >= 0.6 is 11.6 Å². The van der Waals surface area contributed by atoms with Gasteiger partial charge in [-0.25, -0.2) is 14.4 Å². The third kappa shape index (κ3) is 16.6. The molecular formula is C40H54ClN3O9. The lowest BCUT2D eigenvalue weighted by atomic mass is 9.93. The molecule has 0 fully saturated rings. The first kappa shape index (κ1) is 44.3. The summed E-state index contributed by atoms with van der Waals surface area (Å²) in [5, 5.41) is 15.1. The van der Waals surface area contributed by atoms with Gasteiger partial charge in [-0.05, 0) is 76.3 Å². The van der Waals surface area contributed by atoms with E-state index < -0.39 is 59.2 Å². The van der Waals surface area contributed by atoms with Crippen LogP contribution in [0.4, 0.5) is 10.5 Å². The summed E-state index contributed by atoms with van der Waals surface area (Å²) >= 11 is 6.07. The predicted octanol–water partition coefficient (Wildman–Crippen LogP) is 6.75. The maximum Gasteiger partial charge on any atom is 0.407 e. The van der Waals surface area contributed by atoms with Crippen LogP contribution < -0.4 is 16.4 Å². The van der Waals surface area contributed by atoms with Gasteiger partial charge >= 0.3 is 24.0 Å². The molecule has 0 aliphatic rings. The topological polar surface area (TPSA) is 183 Å². The second-order valence-corrected chi connectivity index (χ2v) is 15.4. The molecule has 53 heavy (non-hydrogen) atoms. The second kappa shape index (κ2) is 20.4. The lowest BCUT2D eigenvalue weighted by Gasteiger charge is -2.29. The van der Waals surface area contributed by atoms with E-state index in [1.54, 1.807) is 52.8 Å². The highest BCUT2D eigenvalue weighted by atomic mass is 35.5. The number of benzene rings is 2. The number of alkyl carbamates (subject to hydrolysis) is 1. The largest absolute Gasteiger partial charge is 0.480 e. The van der Waals surface area contributed by atoms with Crippen LogP contribution in [0.15, 0.2) is 66.8 Å². The van der Waals surface area contributed by atoms with Gasteiger partial charge in [0.15, 0.2) is 6.10 Å². The molecule has 5 N–H and O–H groups in total. The minimum absolute atomic E-state index is 0.0275. The van der Waals surface area contributed by atoms with E-state index >= 15 is 0 Å². The number of hydrogen-bond donors (Lipinski definition) is 4. The number of hydrogen-bond acceptors (Lipinski definition) is 9. The highest BCUT2D eigenvalue weighted by Crippen LogP contribution is 2.24. The Morgan fingerprint density at radius 3 is 2.21 bits per heavy atom. The third-order valence-corrected chi connectivity index (χ3v) is 8.15. The monoisotopic (exact) mass is 755 g/mol. The molecule has 0 bridgehead atoms. The normalized spacial score (nSPS) is 14.3. The molecule has 13 heteroatoms. The number of rotatable bonds is 18. The van der Waals surface area contributed by atoms with Gasteiger partial charge in [-0.3, -0.25) is 9.59 Å². The van der Waals surface area contributed by atoms with E-state index in [1.165, 1.54) is 12.2 Å². The van der Waals surface area contributed by atoms with Gasteiger partial charge in [0.1, 0.15) is 17.7 Å². The molecule has 290 valence electrons. The van der Waals surface area contributed by atoms with Crippen LogP contribution in [0.25, 0.3) is 6.08 Å². The van der Waals surface area contributed by atoms with Crippen molar-refractivity contribution in [2.45, 2.75) is 98.5 Å². The molecule has 0 saturated carbocycles. The van der Waals surface area contributed by atoms with Crippen LogP contribution in [0.1, 0.15) is 79.4 Å². The van der Waals surface area contributed by atoms with Gasteiger partial charge in [0.05, 0.1) is 16.1 Å². The van der Waals surface area contributed by atoms with Crippen LogP contribution in [0, 0.1) is 17.3 Å². The van der Waals surface area contributed by atoms with Crippen molar-refractivity contribution in [3.8, 4) is 0 Å². The van der Waals surface area contributed by atoms with Gasteiger partial charge in [-0.2, -0.15) is 0 Å². The van der Waals surface area contributed by atoms with E-state index in [1.807, 2.05) is 63.3 Å². The Morgan fingerprint density at radius 2 is 1.62 bits per heavy atom. The number of aliphatic carboxylic acids is 1. The standard InChI is InChI=1S/C40H54ClN3O9/c1-25(2)21-33(52-37(49)40(7,8)24-43-38(50)53-39(4,5)6)36(48)51-32(26(3)17-18-27-13-10-9-11-14-27)15-12-16-34(45)44-31(35(46)47)23-28-19-20-30(42)29(41)22-28/h9-14,16-20,22,25-26,31-33H,15,21,23-24,42H2,1-8H3,(H,43,50)(H,44,45)(H,46,47)/b16-12+,18-17+/t26-,31-,32+,33+/m1/s1. The summed E-state index contributed by atoms with van der Waals surface area (Å²) in [5.74, 6) is -3.79. The van der Waals surface area contributed by atoms with E-state index in [-0.39, 0.29) is 42.7 Å². The van der Waals surface area contributed by atoms with Gasteiger partial charge in [0, 0.05) is 25.3 Å². The number of nitrogen functional groups attached to an aromatic ring is 1. The molecule has 2 amide bonds. The van der Waals surface area contributed by atoms with Crippen molar-refractivity contribution < 1.29 is 43.3 Å². The number of ether oxygens (including phenoxy) is 3. The number of esters is 2. The van der Waals surface area contributed by atoms with Crippen LogP contribution in [0.5, 0.6) is 0 Å². The Balaban J connectivity index is 2.23. The number of carboxylic acid groups (broad SMARTS) is 1. The predicted molar refractivity (Wildman–Crippen MR) is 205 cm³/mol. The lowest BCUT2D eigenvalue weighted by Crippen LogP contribution is -2.44. The average Bonchev–Trinajstić information content (AvgIpc) is 3.06. The van der Waals surface area contributed by atoms with Gasteiger partial charge in [-0.15, -0.1) is 0 Å². The van der Waals surface area contributed by atoms with Gasteiger partial charge in [0.25, 0.3) is 0 Å². The molecule has 4 atom stereocenters. The molecule has 0 aromatic heterocycles. The molecule has 0 unspecified atom stereocenters. The molecule has 0 spiro atoms. The van der Waals surface area contributed by atoms with Crippen molar-refractivity contribution >= 4 is 53.3 Å². The minimum Gasteiger partial charge on any atom is -0.480 e. The molecule has 0 heterocycles.